The summed E-state index contributed by atoms with van der Waals surface area (Å²) in [7, 11) is 0. The third kappa shape index (κ3) is 3.28. The number of terminal acetylenes is 1. The summed E-state index contributed by atoms with van der Waals surface area (Å²) in [6, 6.07) is 10.9. The average molecular weight is 288 g/mol. The first-order chi connectivity index (χ1) is 9.82. The number of hydrogen-bond donors (Lipinski definition) is 0. The van der Waals surface area contributed by atoms with E-state index in [2.05, 4.69) is 5.92 Å². The van der Waals surface area contributed by atoms with Crippen molar-refractivity contribution in [2.45, 2.75) is 25.9 Å². The monoisotopic (exact) mass is 288 g/mol. The van der Waals surface area contributed by atoms with Crippen LogP contribution in [0.1, 0.15) is 36.5 Å². The zero-order valence-electron chi connectivity index (χ0n) is 11.8. The Morgan fingerprint density at radius 2 is 1.76 bits per heavy atom. The summed E-state index contributed by atoms with van der Waals surface area (Å²) in [5, 5.41) is 0. The van der Waals surface area contributed by atoms with E-state index in [1.165, 1.54) is 6.07 Å². The minimum Gasteiger partial charge on any atom is -0.166 e. The maximum atomic E-state index is 12.9. The van der Waals surface area contributed by atoms with Gasteiger partial charge in [-0.05, 0) is 40.8 Å². The van der Waals surface area contributed by atoms with Gasteiger partial charge in [-0.15, -0.1) is 6.42 Å². The van der Waals surface area contributed by atoms with Gasteiger partial charge in [-0.1, -0.05) is 44.0 Å². The highest BCUT2D eigenvalue weighted by molar-refractivity contribution is 5.72. The van der Waals surface area contributed by atoms with Gasteiger partial charge in [0.05, 0.1) is 5.56 Å². The predicted octanol–water partition coefficient (Wildman–Crippen LogP) is 5.48. The minimum absolute atomic E-state index is 0.296. The Labute approximate surface area is 122 Å². The second kappa shape index (κ2) is 5.65. The van der Waals surface area contributed by atoms with Crippen LogP contribution in [0.2, 0.25) is 0 Å². The second-order valence-corrected chi connectivity index (χ2v) is 5.18. The highest BCUT2D eigenvalue weighted by Crippen LogP contribution is 2.34. The zero-order valence-corrected chi connectivity index (χ0v) is 11.8. The van der Waals surface area contributed by atoms with Crippen LogP contribution in [0.25, 0.3) is 11.1 Å². The quantitative estimate of drug-likeness (QED) is 0.642. The summed E-state index contributed by atoms with van der Waals surface area (Å²) in [6.45, 7) is 4.07. The van der Waals surface area contributed by atoms with Crippen LogP contribution in [0.4, 0.5) is 13.2 Å². The number of halogens is 3. The molecule has 108 valence electrons. The molecule has 0 saturated carbocycles. The first-order valence-electron chi connectivity index (χ1n) is 6.61. The Morgan fingerprint density at radius 3 is 2.33 bits per heavy atom. The third-order valence-corrected chi connectivity index (χ3v) is 3.37. The van der Waals surface area contributed by atoms with Gasteiger partial charge in [0.1, 0.15) is 0 Å². The van der Waals surface area contributed by atoms with Crippen molar-refractivity contribution in [1.82, 2.24) is 0 Å². The third-order valence-electron chi connectivity index (χ3n) is 3.37. The molecule has 2 aromatic carbocycles. The smallest absolute Gasteiger partial charge is 0.166 e. The molecule has 2 rings (SSSR count). The van der Waals surface area contributed by atoms with Gasteiger partial charge in [-0.2, -0.15) is 13.2 Å². The lowest BCUT2D eigenvalue weighted by molar-refractivity contribution is -0.137. The molecular formula is C18H15F3. The molecule has 0 heterocycles. The average Bonchev–Trinajstić information content (AvgIpc) is 2.45. The van der Waals surface area contributed by atoms with Crippen molar-refractivity contribution >= 4 is 0 Å². The molecule has 0 radical (unpaired) electrons. The van der Waals surface area contributed by atoms with Crippen molar-refractivity contribution < 1.29 is 13.2 Å². The van der Waals surface area contributed by atoms with E-state index in [-0.39, 0.29) is 0 Å². The van der Waals surface area contributed by atoms with Crippen LogP contribution >= 0.6 is 0 Å². The first kappa shape index (κ1) is 15.2. The maximum Gasteiger partial charge on any atom is 0.416 e. The molecule has 0 spiro atoms. The molecule has 0 aliphatic rings. The summed E-state index contributed by atoms with van der Waals surface area (Å²) >= 11 is 0. The van der Waals surface area contributed by atoms with E-state index in [1.807, 2.05) is 32.0 Å². The van der Waals surface area contributed by atoms with Crippen molar-refractivity contribution in [1.29, 1.82) is 0 Å². The van der Waals surface area contributed by atoms with E-state index < -0.39 is 11.7 Å². The fourth-order valence-electron chi connectivity index (χ4n) is 2.15. The molecule has 0 saturated heterocycles. The van der Waals surface area contributed by atoms with Crippen LogP contribution in [0, 0.1) is 12.3 Å². The lowest BCUT2D eigenvalue weighted by Crippen LogP contribution is -2.05. The maximum absolute atomic E-state index is 12.9. The molecule has 0 bridgehead atoms. The topological polar surface area (TPSA) is 0 Å². The SMILES string of the molecule is C#Cc1ccc(C(F)(F)F)cc1-c1cccc(C(C)C)c1. The van der Waals surface area contributed by atoms with E-state index in [9.17, 15) is 13.2 Å². The molecule has 0 amide bonds. The van der Waals surface area contributed by atoms with Gasteiger partial charge >= 0.3 is 6.18 Å². The van der Waals surface area contributed by atoms with Crippen LogP contribution < -0.4 is 0 Å². The van der Waals surface area contributed by atoms with Crippen molar-refractivity contribution in [3.8, 4) is 23.5 Å². The van der Waals surface area contributed by atoms with Crippen LogP contribution in [0.5, 0.6) is 0 Å². The van der Waals surface area contributed by atoms with Crippen LogP contribution in [-0.2, 0) is 6.18 Å². The van der Waals surface area contributed by atoms with Crippen LogP contribution in [-0.4, -0.2) is 0 Å². The predicted molar refractivity (Wildman–Crippen MR) is 78.9 cm³/mol. The lowest BCUT2D eigenvalue weighted by Gasteiger charge is -2.13. The Bertz CT molecular complexity index is 688. The number of hydrogen-bond acceptors (Lipinski definition) is 0. The Kier molecular flexibility index (Phi) is 4.09. The van der Waals surface area contributed by atoms with Gasteiger partial charge in [0.2, 0.25) is 0 Å². The first-order valence-corrected chi connectivity index (χ1v) is 6.61. The van der Waals surface area contributed by atoms with Crippen molar-refractivity contribution in [2.24, 2.45) is 0 Å². The number of rotatable bonds is 2. The van der Waals surface area contributed by atoms with Crippen LogP contribution in [0.3, 0.4) is 0 Å². The summed E-state index contributed by atoms with van der Waals surface area (Å²) < 4.78 is 38.6. The highest BCUT2D eigenvalue weighted by atomic mass is 19.4. The van der Waals surface area contributed by atoms with Crippen LogP contribution in [0.15, 0.2) is 42.5 Å². The molecule has 3 heteroatoms. The molecule has 2 aromatic rings. The molecule has 0 aliphatic carbocycles. The van der Waals surface area contributed by atoms with Gasteiger partial charge in [-0.25, -0.2) is 0 Å². The van der Waals surface area contributed by atoms with E-state index in [1.54, 1.807) is 6.07 Å². The lowest BCUT2D eigenvalue weighted by atomic mass is 9.93. The fourth-order valence-corrected chi connectivity index (χ4v) is 2.15. The Balaban J connectivity index is 2.62. The number of alkyl halides is 3. The summed E-state index contributed by atoms with van der Waals surface area (Å²) in [4.78, 5) is 0. The van der Waals surface area contributed by atoms with Gasteiger partial charge in [0.25, 0.3) is 0 Å². The minimum atomic E-state index is -4.38. The number of benzene rings is 2. The largest absolute Gasteiger partial charge is 0.416 e. The molecule has 0 nitrogen and oxygen atoms in total. The Morgan fingerprint density at radius 1 is 1.05 bits per heavy atom. The van der Waals surface area contributed by atoms with Gasteiger partial charge < -0.3 is 0 Å². The van der Waals surface area contributed by atoms with E-state index in [0.717, 1.165) is 17.7 Å². The normalized spacial score (nSPS) is 11.5. The zero-order chi connectivity index (χ0) is 15.6. The molecule has 0 aliphatic heterocycles. The van der Waals surface area contributed by atoms with E-state index in [0.29, 0.717) is 22.6 Å². The molecule has 21 heavy (non-hydrogen) atoms. The fraction of sp³-hybridized carbons (Fsp3) is 0.222. The molecular weight excluding hydrogens is 273 g/mol. The van der Waals surface area contributed by atoms with Gasteiger partial charge in [-0.3, -0.25) is 0 Å². The van der Waals surface area contributed by atoms with Crippen molar-refractivity contribution in [3.63, 3.8) is 0 Å². The molecule has 0 N–H and O–H groups in total. The second-order valence-electron chi connectivity index (χ2n) is 5.18. The highest BCUT2D eigenvalue weighted by Gasteiger charge is 2.31. The molecule has 0 fully saturated rings. The Hall–Kier alpha value is -2.21. The summed E-state index contributed by atoms with van der Waals surface area (Å²) in [5.74, 6) is 2.75. The van der Waals surface area contributed by atoms with Gasteiger partial charge in [0, 0.05) is 5.56 Å². The molecule has 0 unspecified atom stereocenters. The molecule has 0 atom stereocenters. The van der Waals surface area contributed by atoms with Crippen molar-refractivity contribution in [2.75, 3.05) is 0 Å². The van der Waals surface area contributed by atoms with Gasteiger partial charge in [0.15, 0.2) is 0 Å². The van der Waals surface area contributed by atoms with E-state index in [4.69, 9.17) is 6.42 Å². The molecule has 0 aromatic heterocycles. The van der Waals surface area contributed by atoms with Crippen molar-refractivity contribution in [3.05, 3.63) is 59.2 Å². The summed E-state index contributed by atoms with van der Waals surface area (Å²) in [5.41, 5.74) is 1.98. The standard InChI is InChI=1S/C18H15F3/c1-4-13-8-9-16(18(19,20)21)11-17(13)15-7-5-6-14(10-15)12(2)3/h1,5-12H,2-3H3. The summed E-state index contributed by atoms with van der Waals surface area (Å²) in [6.07, 6.45) is 1.04. The van der Waals surface area contributed by atoms with E-state index >= 15 is 0 Å².